The number of benzene rings is 2. The minimum absolute atomic E-state index is 0.0448. The highest BCUT2D eigenvalue weighted by Crippen LogP contribution is 2.22. The minimum Gasteiger partial charge on any atom is -0.352 e. The molecular weight excluding hydrogens is 584 g/mol. The molecule has 3 rings (SSSR count). The summed E-state index contributed by atoms with van der Waals surface area (Å²) in [6, 6.07) is 11.9. The Hall–Kier alpha value is -2.21. The second-order valence-corrected chi connectivity index (χ2v) is 12.0. The van der Waals surface area contributed by atoms with Crippen molar-refractivity contribution < 1.29 is 22.4 Å². The molecule has 0 unspecified atom stereocenters. The summed E-state index contributed by atoms with van der Waals surface area (Å²) < 4.78 is 41.5. The quantitative estimate of drug-likeness (QED) is 0.432. The minimum atomic E-state index is -3.80. The van der Waals surface area contributed by atoms with Gasteiger partial charge in [-0.25, -0.2) is 12.8 Å². The first kappa shape index (κ1) is 27.4. The van der Waals surface area contributed by atoms with Gasteiger partial charge in [0, 0.05) is 21.7 Å². The van der Waals surface area contributed by atoms with E-state index in [2.05, 4.69) is 27.9 Å². The fraction of sp³-hybridized carbons (Fsp3) is 0.440. The molecule has 0 radical (unpaired) electrons. The number of hydrogen-bond acceptors (Lipinski definition) is 4. The lowest BCUT2D eigenvalue weighted by Gasteiger charge is -2.33. The molecule has 10 heteroatoms. The third-order valence-corrected chi connectivity index (χ3v) is 8.07. The topological polar surface area (TPSA) is 86.8 Å². The lowest BCUT2D eigenvalue weighted by atomic mass is 9.95. The number of carbonyl (C=O) groups is 2. The van der Waals surface area contributed by atoms with Crippen LogP contribution in [0.3, 0.4) is 0 Å². The smallest absolute Gasteiger partial charge is 0.244 e. The first-order valence-corrected chi connectivity index (χ1v) is 14.6. The van der Waals surface area contributed by atoms with Crippen molar-refractivity contribution in [3.05, 3.63) is 63.5 Å². The lowest BCUT2D eigenvalue weighted by Crippen LogP contribution is -2.53. The fourth-order valence-electron chi connectivity index (χ4n) is 4.18. The maximum absolute atomic E-state index is 14.5. The van der Waals surface area contributed by atoms with E-state index in [1.807, 2.05) is 0 Å². The van der Waals surface area contributed by atoms with Gasteiger partial charge in [0.2, 0.25) is 21.8 Å². The molecule has 7 nitrogen and oxygen atoms in total. The normalized spacial score (nSPS) is 15.3. The van der Waals surface area contributed by atoms with Crippen LogP contribution >= 0.6 is 22.6 Å². The Labute approximate surface area is 220 Å². The predicted octanol–water partition coefficient (Wildman–Crippen LogP) is 4.06. The number of anilines is 1. The molecule has 1 aliphatic rings. The van der Waals surface area contributed by atoms with Gasteiger partial charge in [-0.05, 0) is 72.7 Å². The van der Waals surface area contributed by atoms with Gasteiger partial charge in [0.25, 0.3) is 0 Å². The Kier molecular flexibility index (Phi) is 9.51. The molecule has 0 aromatic heterocycles. The highest BCUT2D eigenvalue weighted by molar-refractivity contribution is 14.1. The predicted molar refractivity (Wildman–Crippen MR) is 143 cm³/mol. The Balaban J connectivity index is 1.87. The molecule has 0 heterocycles. The van der Waals surface area contributed by atoms with Crippen LogP contribution in [-0.4, -0.2) is 50.0 Å². The molecule has 0 saturated heterocycles. The van der Waals surface area contributed by atoms with Crippen LogP contribution < -0.4 is 9.62 Å². The zero-order chi connectivity index (χ0) is 25.6. The van der Waals surface area contributed by atoms with E-state index in [1.165, 1.54) is 11.0 Å². The molecule has 0 bridgehead atoms. The van der Waals surface area contributed by atoms with Crippen molar-refractivity contribution in [2.45, 2.75) is 57.7 Å². The van der Waals surface area contributed by atoms with E-state index < -0.39 is 34.3 Å². The van der Waals surface area contributed by atoms with E-state index in [4.69, 9.17) is 0 Å². The maximum atomic E-state index is 14.5. The third-order valence-electron chi connectivity index (χ3n) is 6.21. The van der Waals surface area contributed by atoms with E-state index in [9.17, 15) is 22.4 Å². The van der Waals surface area contributed by atoms with Gasteiger partial charge in [-0.15, -0.1) is 0 Å². The van der Waals surface area contributed by atoms with Gasteiger partial charge in [-0.3, -0.25) is 13.9 Å². The SMILES string of the molecule is C[C@@H](C(=O)NC1CCCCC1)N(Cc1ccccc1F)C(=O)CN(c1ccc(I)cc1)S(C)(=O)=O. The van der Waals surface area contributed by atoms with E-state index >= 15 is 0 Å². The molecule has 1 aliphatic carbocycles. The molecule has 2 amide bonds. The summed E-state index contributed by atoms with van der Waals surface area (Å²) >= 11 is 2.11. The molecule has 2 aromatic carbocycles. The first-order valence-electron chi connectivity index (χ1n) is 11.6. The number of amides is 2. The lowest BCUT2D eigenvalue weighted by molar-refractivity contribution is -0.139. The van der Waals surface area contributed by atoms with Crippen molar-refractivity contribution in [2.75, 3.05) is 17.1 Å². The van der Waals surface area contributed by atoms with Gasteiger partial charge in [-0.1, -0.05) is 37.5 Å². The summed E-state index contributed by atoms with van der Waals surface area (Å²) in [5.41, 5.74) is 0.588. The van der Waals surface area contributed by atoms with Crippen LogP contribution in [0.2, 0.25) is 0 Å². The molecule has 1 fully saturated rings. The van der Waals surface area contributed by atoms with Gasteiger partial charge in [0.1, 0.15) is 18.4 Å². The first-order chi connectivity index (χ1) is 16.6. The number of rotatable bonds is 9. The maximum Gasteiger partial charge on any atom is 0.244 e. The van der Waals surface area contributed by atoms with Crippen molar-refractivity contribution in [1.29, 1.82) is 0 Å². The van der Waals surface area contributed by atoms with Crippen LogP contribution in [0.25, 0.3) is 0 Å². The van der Waals surface area contributed by atoms with Gasteiger partial charge >= 0.3 is 0 Å². The van der Waals surface area contributed by atoms with Crippen molar-refractivity contribution in [2.24, 2.45) is 0 Å². The molecule has 35 heavy (non-hydrogen) atoms. The summed E-state index contributed by atoms with van der Waals surface area (Å²) in [7, 11) is -3.80. The number of sulfonamides is 1. The Morgan fingerprint density at radius 1 is 1.09 bits per heavy atom. The van der Waals surface area contributed by atoms with Crippen molar-refractivity contribution >= 4 is 50.1 Å². The number of hydrogen-bond donors (Lipinski definition) is 1. The zero-order valence-electron chi connectivity index (χ0n) is 19.9. The van der Waals surface area contributed by atoms with Crippen molar-refractivity contribution in [3.8, 4) is 0 Å². The van der Waals surface area contributed by atoms with E-state index in [0.29, 0.717) is 5.69 Å². The van der Waals surface area contributed by atoms with Gasteiger partial charge in [-0.2, -0.15) is 0 Å². The molecule has 1 atom stereocenters. The monoisotopic (exact) mass is 615 g/mol. The third kappa shape index (κ3) is 7.63. The summed E-state index contributed by atoms with van der Waals surface area (Å²) in [5, 5.41) is 3.02. The zero-order valence-corrected chi connectivity index (χ0v) is 22.9. The summed E-state index contributed by atoms with van der Waals surface area (Å²) in [5.74, 6) is -1.42. The van der Waals surface area contributed by atoms with Crippen LogP contribution in [0, 0.1) is 9.39 Å². The summed E-state index contributed by atoms with van der Waals surface area (Å²) in [4.78, 5) is 27.9. The summed E-state index contributed by atoms with van der Waals surface area (Å²) in [6.45, 7) is 0.927. The number of nitrogens with one attached hydrogen (secondary N) is 1. The van der Waals surface area contributed by atoms with E-state index in [0.717, 1.165) is 46.2 Å². The molecule has 0 aliphatic heterocycles. The Morgan fingerprint density at radius 3 is 2.31 bits per heavy atom. The molecule has 2 aromatic rings. The van der Waals surface area contributed by atoms with Gasteiger partial charge in [0.05, 0.1) is 11.9 Å². The second kappa shape index (κ2) is 12.2. The average Bonchev–Trinajstić information content (AvgIpc) is 2.82. The second-order valence-electron chi connectivity index (χ2n) is 8.88. The number of halogens is 2. The largest absolute Gasteiger partial charge is 0.352 e. The van der Waals surface area contributed by atoms with Crippen molar-refractivity contribution in [3.63, 3.8) is 0 Å². The standard InChI is InChI=1S/C25H31FIN3O4S/c1-18(25(32)28-21-9-4-3-5-10-21)29(16-19-8-6-7-11-23(19)26)24(31)17-30(35(2,33)34)22-14-12-20(27)13-15-22/h6-8,11-15,18,21H,3-5,9-10,16-17H2,1-2H3,(H,28,32)/t18-/m0/s1. The average molecular weight is 616 g/mol. The fourth-order valence-corrected chi connectivity index (χ4v) is 5.39. The van der Waals surface area contributed by atoms with Crippen LogP contribution in [-0.2, 0) is 26.2 Å². The van der Waals surface area contributed by atoms with Gasteiger partial charge in [0.15, 0.2) is 0 Å². The number of carbonyl (C=O) groups excluding carboxylic acids is 2. The van der Waals surface area contributed by atoms with Crippen LogP contribution in [0.1, 0.15) is 44.6 Å². The Morgan fingerprint density at radius 2 is 1.71 bits per heavy atom. The molecule has 0 spiro atoms. The van der Waals surface area contributed by atoms with Crippen LogP contribution in [0.15, 0.2) is 48.5 Å². The molecule has 1 N–H and O–H groups in total. The highest BCUT2D eigenvalue weighted by Gasteiger charge is 2.31. The van der Waals surface area contributed by atoms with Gasteiger partial charge < -0.3 is 10.2 Å². The number of nitrogens with zero attached hydrogens (tertiary/aromatic N) is 2. The van der Waals surface area contributed by atoms with E-state index in [-0.39, 0.29) is 24.1 Å². The van der Waals surface area contributed by atoms with E-state index in [1.54, 1.807) is 49.4 Å². The van der Waals surface area contributed by atoms with Crippen molar-refractivity contribution in [1.82, 2.24) is 10.2 Å². The Bertz CT molecular complexity index is 1140. The molecule has 1 saturated carbocycles. The summed E-state index contributed by atoms with van der Waals surface area (Å²) in [6.07, 6.45) is 6.01. The highest BCUT2D eigenvalue weighted by atomic mass is 127. The van der Waals surface area contributed by atoms with Crippen LogP contribution in [0.5, 0.6) is 0 Å². The van der Waals surface area contributed by atoms with Crippen LogP contribution in [0.4, 0.5) is 10.1 Å². The molecular formula is C25H31FIN3O4S. The molecule has 190 valence electrons.